The molecule has 0 amide bonds. The smallest absolute Gasteiger partial charge is 0.341 e. The van der Waals surface area contributed by atoms with Crippen molar-refractivity contribution >= 4 is 11.8 Å². The van der Waals surface area contributed by atoms with Gasteiger partial charge in [-0.3, -0.25) is 0 Å². The molecule has 1 atom stereocenters. The van der Waals surface area contributed by atoms with Gasteiger partial charge in [-0.25, -0.2) is 9.48 Å². The number of aromatic carboxylic acids is 1. The van der Waals surface area contributed by atoms with Crippen molar-refractivity contribution in [3.63, 3.8) is 0 Å². The number of hydrogen-bond acceptors (Lipinski definition) is 3. The standard InChI is InChI=1S/C15H17N3O2/c1-15(2)8-12(10-6-4-3-5-7-10)17-13-11(14(19)20)9-16-18(13)15/h3-7,9,12,17H,8H2,1-2H3,(H,19,20). The van der Waals surface area contributed by atoms with Gasteiger partial charge < -0.3 is 10.4 Å². The van der Waals surface area contributed by atoms with Gasteiger partial charge in [0.15, 0.2) is 0 Å². The molecule has 5 heteroatoms. The lowest BCUT2D eigenvalue weighted by molar-refractivity contribution is 0.0697. The second-order valence-corrected chi connectivity index (χ2v) is 5.75. The third-order valence-corrected chi connectivity index (χ3v) is 3.79. The first kappa shape index (κ1) is 12.7. The van der Waals surface area contributed by atoms with Crippen molar-refractivity contribution in [2.24, 2.45) is 0 Å². The highest BCUT2D eigenvalue weighted by Gasteiger charge is 2.36. The van der Waals surface area contributed by atoms with E-state index in [1.165, 1.54) is 6.20 Å². The minimum absolute atomic E-state index is 0.0912. The largest absolute Gasteiger partial charge is 0.477 e. The van der Waals surface area contributed by atoms with Crippen LogP contribution in [0.15, 0.2) is 36.5 Å². The third-order valence-electron chi connectivity index (χ3n) is 3.79. The van der Waals surface area contributed by atoms with Crippen LogP contribution < -0.4 is 5.32 Å². The van der Waals surface area contributed by atoms with Crippen molar-refractivity contribution in [2.75, 3.05) is 5.32 Å². The minimum Gasteiger partial charge on any atom is -0.477 e. The predicted molar refractivity (Wildman–Crippen MR) is 75.9 cm³/mol. The Morgan fingerprint density at radius 2 is 2.10 bits per heavy atom. The summed E-state index contributed by atoms with van der Waals surface area (Å²) < 4.78 is 1.77. The van der Waals surface area contributed by atoms with E-state index < -0.39 is 5.97 Å². The zero-order valence-electron chi connectivity index (χ0n) is 11.5. The number of hydrogen-bond donors (Lipinski definition) is 2. The van der Waals surface area contributed by atoms with E-state index >= 15 is 0 Å². The SMILES string of the molecule is CC1(C)CC(c2ccccc2)Nc2c(C(=O)O)cnn21. The van der Waals surface area contributed by atoms with Gasteiger partial charge in [0.1, 0.15) is 11.4 Å². The number of nitrogens with one attached hydrogen (secondary N) is 1. The minimum atomic E-state index is -0.955. The molecule has 2 N–H and O–H groups in total. The van der Waals surface area contributed by atoms with Crippen molar-refractivity contribution in [3.05, 3.63) is 47.7 Å². The molecular weight excluding hydrogens is 254 g/mol. The van der Waals surface area contributed by atoms with Gasteiger partial charge in [-0.2, -0.15) is 5.10 Å². The molecule has 0 radical (unpaired) electrons. The molecule has 104 valence electrons. The maximum Gasteiger partial charge on any atom is 0.341 e. The van der Waals surface area contributed by atoms with Crippen LogP contribution >= 0.6 is 0 Å². The summed E-state index contributed by atoms with van der Waals surface area (Å²) in [6, 6.07) is 10.2. The second kappa shape index (κ2) is 4.37. The number of carbonyl (C=O) groups is 1. The molecule has 2 heterocycles. The summed E-state index contributed by atoms with van der Waals surface area (Å²) in [7, 11) is 0. The van der Waals surface area contributed by atoms with Crippen molar-refractivity contribution in [3.8, 4) is 0 Å². The highest BCUT2D eigenvalue weighted by atomic mass is 16.4. The molecule has 0 saturated heterocycles. The Morgan fingerprint density at radius 3 is 2.75 bits per heavy atom. The zero-order chi connectivity index (χ0) is 14.3. The van der Waals surface area contributed by atoms with E-state index in [-0.39, 0.29) is 17.1 Å². The third kappa shape index (κ3) is 1.95. The Bertz CT molecular complexity index is 646. The molecule has 0 saturated carbocycles. The summed E-state index contributed by atoms with van der Waals surface area (Å²) in [5.74, 6) is -0.370. The highest BCUT2D eigenvalue weighted by molar-refractivity contribution is 5.93. The molecule has 3 rings (SSSR count). The number of benzene rings is 1. The van der Waals surface area contributed by atoms with E-state index in [0.29, 0.717) is 5.82 Å². The molecule has 20 heavy (non-hydrogen) atoms. The van der Waals surface area contributed by atoms with E-state index in [0.717, 1.165) is 12.0 Å². The number of carboxylic acid groups (broad SMARTS) is 1. The van der Waals surface area contributed by atoms with Crippen LogP contribution in [0.3, 0.4) is 0 Å². The molecule has 5 nitrogen and oxygen atoms in total. The summed E-state index contributed by atoms with van der Waals surface area (Å²) >= 11 is 0. The fourth-order valence-electron chi connectivity index (χ4n) is 2.79. The normalized spacial score (nSPS) is 20.0. The Kier molecular flexibility index (Phi) is 2.78. The number of fused-ring (bicyclic) bond motifs is 1. The van der Waals surface area contributed by atoms with Crippen LogP contribution in [0.5, 0.6) is 0 Å². The summed E-state index contributed by atoms with van der Waals surface area (Å²) in [5.41, 5.74) is 1.15. The summed E-state index contributed by atoms with van der Waals surface area (Å²) in [6.07, 6.45) is 2.27. The fraction of sp³-hybridized carbons (Fsp3) is 0.333. The van der Waals surface area contributed by atoms with Crippen LogP contribution in [0.1, 0.15) is 42.2 Å². The summed E-state index contributed by atoms with van der Waals surface area (Å²) in [4.78, 5) is 11.3. The van der Waals surface area contributed by atoms with Gasteiger partial charge in [0.05, 0.1) is 17.8 Å². The van der Waals surface area contributed by atoms with E-state index in [9.17, 15) is 9.90 Å². The van der Waals surface area contributed by atoms with Gasteiger partial charge in [-0.15, -0.1) is 0 Å². The van der Waals surface area contributed by atoms with Gasteiger partial charge in [0.25, 0.3) is 0 Å². The molecule has 1 aromatic carbocycles. The van der Waals surface area contributed by atoms with Gasteiger partial charge in [0.2, 0.25) is 0 Å². The van der Waals surface area contributed by atoms with Crippen LogP contribution in [-0.2, 0) is 5.54 Å². The van der Waals surface area contributed by atoms with E-state index in [1.807, 2.05) is 18.2 Å². The molecule has 1 aliphatic heterocycles. The maximum atomic E-state index is 11.3. The monoisotopic (exact) mass is 271 g/mol. The summed E-state index contributed by atoms with van der Waals surface area (Å²) in [5, 5.41) is 16.8. The molecule has 1 aliphatic rings. The van der Waals surface area contributed by atoms with Crippen LogP contribution in [0, 0.1) is 0 Å². The van der Waals surface area contributed by atoms with E-state index in [1.54, 1.807) is 4.68 Å². The lowest BCUT2D eigenvalue weighted by Gasteiger charge is -2.38. The number of rotatable bonds is 2. The molecule has 0 bridgehead atoms. The molecule has 1 aromatic heterocycles. The van der Waals surface area contributed by atoms with Crippen LogP contribution in [0.4, 0.5) is 5.82 Å². The van der Waals surface area contributed by atoms with Crippen molar-refractivity contribution in [1.29, 1.82) is 0 Å². The molecule has 0 spiro atoms. The first-order valence-electron chi connectivity index (χ1n) is 6.62. The van der Waals surface area contributed by atoms with Crippen LogP contribution in [0.25, 0.3) is 0 Å². The van der Waals surface area contributed by atoms with Crippen LogP contribution in [0.2, 0.25) is 0 Å². The molecule has 0 fully saturated rings. The molecule has 1 unspecified atom stereocenters. The first-order valence-corrected chi connectivity index (χ1v) is 6.62. The Hall–Kier alpha value is -2.30. The van der Waals surface area contributed by atoms with Gasteiger partial charge in [0, 0.05) is 0 Å². The second-order valence-electron chi connectivity index (χ2n) is 5.75. The van der Waals surface area contributed by atoms with Gasteiger partial charge >= 0.3 is 5.97 Å². The average Bonchev–Trinajstić information content (AvgIpc) is 2.84. The number of anilines is 1. The maximum absolute atomic E-state index is 11.3. The van der Waals surface area contributed by atoms with Crippen molar-refractivity contribution in [2.45, 2.75) is 31.8 Å². The van der Waals surface area contributed by atoms with Gasteiger partial charge in [-0.05, 0) is 25.8 Å². The topological polar surface area (TPSA) is 67.2 Å². The summed E-state index contributed by atoms with van der Waals surface area (Å²) in [6.45, 7) is 4.15. The van der Waals surface area contributed by atoms with E-state index in [2.05, 4.69) is 36.4 Å². The van der Waals surface area contributed by atoms with Crippen molar-refractivity contribution < 1.29 is 9.90 Å². The first-order chi connectivity index (χ1) is 9.49. The Labute approximate surface area is 117 Å². The van der Waals surface area contributed by atoms with Crippen LogP contribution in [-0.4, -0.2) is 20.9 Å². The highest BCUT2D eigenvalue weighted by Crippen LogP contribution is 2.39. The fourth-order valence-corrected chi connectivity index (χ4v) is 2.79. The quantitative estimate of drug-likeness (QED) is 0.881. The molecule has 2 aromatic rings. The number of nitrogens with zero attached hydrogens (tertiary/aromatic N) is 2. The Balaban J connectivity index is 2.05. The zero-order valence-corrected chi connectivity index (χ0v) is 11.5. The molecular formula is C15H17N3O2. The number of aromatic nitrogens is 2. The van der Waals surface area contributed by atoms with Crippen molar-refractivity contribution in [1.82, 2.24) is 9.78 Å². The predicted octanol–water partition coefficient (Wildman–Crippen LogP) is 2.87. The Morgan fingerprint density at radius 1 is 1.40 bits per heavy atom. The average molecular weight is 271 g/mol. The lowest BCUT2D eigenvalue weighted by Crippen LogP contribution is -2.38. The van der Waals surface area contributed by atoms with Gasteiger partial charge in [-0.1, -0.05) is 30.3 Å². The number of carboxylic acids is 1. The van der Waals surface area contributed by atoms with E-state index in [4.69, 9.17) is 0 Å². The molecule has 0 aliphatic carbocycles. The lowest BCUT2D eigenvalue weighted by atomic mass is 9.89.